The van der Waals surface area contributed by atoms with E-state index < -0.39 is 11.8 Å². The van der Waals surface area contributed by atoms with Crippen molar-refractivity contribution in [1.82, 2.24) is 0 Å². The standard InChI is InChI=1S/C16H17F3O/c17-16(18,19)15(20,14-9-5-2-6-10-14)12-11-13-7-3-1-4-8-13/h2,5-6,9-10,13,20H,1,3-4,7-8H2/t15-/m1/s1. The van der Waals surface area contributed by atoms with Gasteiger partial charge in [-0.3, -0.25) is 0 Å². The second-order valence-electron chi connectivity index (χ2n) is 5.18. The second-order valence-corrected chi connectivity index (χ2v) is 5.18. The molecule has 0 radical (unpaired) electrons. The van der Waals surface area contributed by atoms with Gasteiger partial charge in [-0.15, -0.1) is 0 Å². The number of benzene rings is 1. The Kier molecular flexibility index (Phi) is 4.39. The highest BCUT2D eigenvalue weighted by atomic mass is 19.4. The highest BCUT2D eigenvalue weighted by Gasteiger charge is 2.54. The number of rotatable bonds is 1. The van der Waals surface area contributed by atoms with E-state index in [1.54, 1.807) is 6.07 Å². The third kappa shape index (κ3) is 3.16. The molecule has 1 aliphatic carbocycles. The quantitative estimate of drug-likeness (QED) is 0.771. The van der Waals surface area contributed by atoms with Crippen LogP contribution < -0.4 is 0 Å². The lowest BCUT2D eigenvalue weighted by atomic mass is 9.87. The van der Waals surface area contributed by atoms with Gasteiger partial charge in [-0.25, -0.2) is 0 Å². The largest absolute Gasteiger partial charge is 0.433 e. The third-order valence-electron chi connectivity index (χ3n) is 3.66. The van der Waals surface area contributed by atoms with Gasteiger partial charge in [-0.05, 0) is 12.8 Å². The van der Waals surface area contributed by atoms with Gasteiger partial charge < -0.3 is 5.11 Å². The van der Waals surface area contributed by atoms with Crippen LogP contribution >= 0.6 is 0 Å². The highest BCUT2D eigenvalue weighted by molar-refractivity contribution is 5.34. The van der Waals surface area contributed by atoms with Gasteiger partial charge in [0.1, 0.15) is 0 Å². The Hall–Kier alpha value is -1.47. The summed E-state index contributed by atoms with van der Waals surface area (Å²) >= 11 is 0. The molecular weight excluding hydrogens is 265 g/mol. The molecule has 1 N–H and O–H groups in total. The van der Waals surface area contributed by atoms with Gasteiger partial charge in [0.25, 0.3) is 0 Å². The molecule has 1 aliphatic rings. The zero-order chi connectivity index (χ0) is 14.6. The Morgan fingerprint density at radius 2 is 1.60 bits per heavy atom. The molecule has 1 saturated carbocycles. The van der Waals surface area contributed by atoms with Crippen molar-refractivity contribution in [3.63, 3.8) is 0 Å². The molecule has 0 aromatic heterocycles. The number of aliphatic hydroxyl groups is 1. The summed E-state index contributed by atoms with van der Waals surface area (Å²) in [7, 11) is 0. The third-order valence-corrected chi connectivity index (χ3v) is 3.66. The molecule has 0 amide bonds. The summed E-state index contributed by atoms with van der Waals surface area (Å²) in [5, 5.41) is 10.1. The van der Waals surface area contributed by atoms with E-state index in [1.165, 1.54) is 24.3 Å². The van der Waals surface area contributed by atoms with Crippen LogP contribution in [-0.2, 0) is 5.60 Å². The number of halogens is 3. The van der Waals surface area contributed by atoms with Crippen LogP contribution in [0, 0.1) is 17.8 Å². The van der Waals surface area contributed by atoms with E-state index in [9.17, 15) is 18.3 Å². The highest BCUT2D eigenvalue weighted by Crippen LogP contribution is 2.38. The van der Waals surface area contributed by atoms with E-state index in [1.807, 2.05) is 0 Å². The Bertz CT molecular complexity index is 492. The van der Waals surface area contributed by atoms with E-state index >= 15 is 0 Å². The lowest BCUT2D eigenvalue weighted by Gasteiger charge is -2.26. The minimum atomic E-state index is -4.81. The van der Waals surface area contributed by atoms with Crippen LogP contribution in [0.15, 0.2) is 30.3 Å². The molecule has 0 aliphatic heterocycles. The van der Waals surface area contributed by atoms with E-state index in [0.29, 0.717) is 0 Å². The van der Waals surface area contributed by atoms with Crippen LogP contribution in [0.4, 0.5) is 13.2 Å². The normalized spacial score (nSPS) is 19.8. The van der Waals surface area contributed by atoms with E-state index in [4.69, 9.17) is 0 Å². The molecule has 108 valence electrons. The first kappa shape index (κ1) is 14.9. The first-order valence-electron chi connectivity index (χ1n) is 6.81. The van der Waals surface area contributed by atoms with Crippen molar-refractivity contribution in [3.05, 3.63) is 35.9 Å². The van der Waals surface area contributed by atoms with Gasteiger partial charge in [0.05, 0.1) is 0 Å². The van der Waals surface area contributed by atoms with Crippen molar-refractivity contribution in [2.45, 2.75) is 43.9 Å². The average Bonchev–Trinajstić information content (AvgIpc) is 2.45. The van der Waals surface area contributed by atoms with Crippen molar-refractivity contribution in [2.75, 3.05) is 0 Å². The van der Waals surface area contributed by atoms with Gasteiger partial charge in [0, 0.05) is 11.5 Å². The van der Waals surface area contributed by atoms with Gasteiger partial charge in [-0.2, -0.15) is 13.2 Å². The lowest BCUT2D eigenvalue weighted by Crippen LogP contribution is -2.41. The summed E-state index contributed by atoms with van der Waals surface area (Å²) in [6.07, 6.45) is -0.0772. The van der Waals surface area contributed by atoms with E-state index in [2.05, 4.69) is 11.8 Å². The number of hydrogen-bond donors (Lipinski definition) is 1. The second kappa shape index (κ2) is 5.88. The molecule has 1 aromatic carbocycles. The maximum absolute atomic E-state index is 13.2. The summed E-state index contributed by atoms with van der Waals surface area (Å²) in [6, 6.07) is 7.05. The van der Waals surface area contributed by atoms with Crippen molar-refractivity contribution in [2.24, 2.45) is 5.92 Å². The molecule has 0 heterocycles. The van der Waals surface area contributed by atoms with Crippen LogP contribution in [0.3, 0.4) is 0 Å². The fraction of sp³-hybridized carbons (Fsp3) is 0.500. The first-order chi connectivity index (χ1) is 9.43. The van der Waals surface area contributed by atoms with E-state index in [0.717, 1.165) is 32.1 Å². The summed E-state index contributed by atoms with van der Waals surface area (Å²) in [5.74, 6) is 4.71. The van der Waals surface area contributed by atoms with Crippen LogP contribution in [0.25, 0.3) is 0 Å². The van der Waals surface area contributed by atoms with E-state index in [-0.39, 0.29) is 11.5 Å². The maximum Gasteiger partial charge on any atom is 0.433 e. The fourth-order valence-corrected chi connectivity index (χ4v) is 2.44. The summed E-state index contributed by atoms with van der Waals surface area (Å²) in [4.78, 5) is 0. The molecule has 1 aromatic rings. The van der Waals surface area contributed by atoms with Gasteiger partial charge in [-0.1, -0.05) is 61.4 Å². The van der Waals surface area contributed by atoms with Crippen LogP contribution in [0.5, 0.6) is 0 Å². The van der Waals surface area contributed by atoms with Gasteiger partial charge >= 0.3 is 6.18 Å². The first-order valence-corrected chi connectivity index (χ1v) is 6.81. The summed E-state index contributed by atoms with van der Waals surface area (Å²) in [5.41, 5.74) is -3.30. The number of hydrogen-bond acceptors (Lipinski definition) is 1. The monoisotopic (exact) mass is 282 g/mol. The molecule has 0 saturated heterocycles. The Morgan fingerprint density at radius 1 is 1.00 bits per heavy atom. The molecule has 0 unspecified atom stereocenters. The molecule has 1 nitrogen and oxygen atoms in total. The summed E-state index contributed by atoms with van der Waals surface area (Å²) < 4.78 is 39.6. The van der Waals surface area contributed by atoms with Crippen LogP contribution in [0.2, 0.25) is 0 Å². The topological polar surface area (TPSA) is 20.2 Å². The minimum absolute atomic E-state index is 0.0404. The van der Waals surface area contributed by atoms with Crippen molar-refractivity contribution >= 4 is 0 Å². The predicted molar refractivity (Wildman–Crippen MR) is 70.7 cm³/mol. The lowest BCUT2D eigenvalue weighted by molar-refractivity contribution is -0.240. The smallest absolute Gasteiger partial charge is 0.366 e. The molecule has 4 heteroatoms. The van der Waals surface area contributed by atoms with Crippen molar-refractivity contribution in [1.29, 1.82) is 0 Å². The molecule has 1 atom stereocenters. The summed E-state index contributed by atoms with van der Waals surface area (Å²) in [6.45, 7) is 0. The molecule has 2 rings (SSSR count). The fourth-order valence-electron chi connectivity index (χ4n) is 2.44. The Balaban J connectivity index is 2.31. The molecular formula is C16H17F3O. The Morgan fingerprint density at radius 3 is 2.15 bits per heavy atom. The maximum atomic E-state index is 13.2. The zero-order valence-corrected chi connectivity index (χ0v) is 11.1. The van der Waals surface area contributed by atoms with Gasteiger partial charge in [0.15, 0.2) is 0 Å². The zero-order valence-electron chi connectivity index (χ0n) is 11.1. The molecule has 20 heavy (non-hydrogen) atoms. The van der Waals surface area contributed by atoms with Gasteiger partial charge in [0.2, 0.25) is 5.60 Å². The molecule has 0 spiro atoms. The molecule has 0 bridgehead atoms. The van der Waals surface area contributed by atoms with Crippen molar-refractivity contribution in [3.8, 4) is 11.8 Å². The van der Waals surface area contributed by atoms with Crippen molar-refractivity contribution < 1.29 is 18.3 Å². The predicted octanol–water partition coefficient (Wildman–Crippen LogP) is 4.02. The molecule has 1 fully saturated rings. The number of alkyl halides is 3. The Labute approximate surface area is 116 Å². The SMILES string of the molecule is O[C@](C#CC1CCCCC1)(c1ccccc1)C(F)(F)F. The minimum Gasteiger partial charge on any atom is -0.366 e. The van der Waals surface area contributed by atoms with Crippen LogP contribution in [0.1, 0.15) is 37.7 Å². The van der Waals surface area contributed by atoms with Crippen LogP contribution in [-0.4, -0.2) is 11.3 Å². The average molecular weight is 282 g/mol.